The zero-order valence-corrected chi connectivity index (χ0v) is 21.1. The fraction of sp³-hybridized carbons (Fsp3) is 0.286. The zero-order chi connectivity index (χ0) is 25.9. The highest BCUT2D eigenvalue weighted by Gasteiger charge is 2.10. The molecular weight excluding hydrogens is 460 g/mol. The number of rotatable bonds is 12. The zero-order valence-electron chi connectivity index (χ0n) is 21.1. The number of benzene rings is 3. The van der Waals surface area contributed by atoms with E-state index < -0.39 is 0 Å². The molecule has 0 radical (unpaired) electrons. The van der Waals surface area contributed by atoms with Crippen LogP contribution in [0.25, 0.3) is 0 Å². The molecular formula is C28H32N2O6. The topological polar surface area (TPSA) is 95.1 Å². The van der Waals surface area contributed by atoms with E-state index in [0.717, 1.165) is 22.3 Å². The van der Waals surface area contributed by atoms with E-state index in [2.05, 4.69) is 10.6 Å². The molecule has 0 aliphatic heterocycles. The van der Waals surface area contributed by atoms with E-state index in [1.54, 1.807) is 52.7 Å². The highest BCUT2D eigenvalue weighted by atomic mass is 16.5. The summed E-state index contributed by atoms with van der Waals surface area (Å²) in [7, 11) is 6.28. The first kappa shape index (κ1) is 26.4. The van der Waals surface area contributed by atoms with Crippen LogP contribution in [0.15, 0.2) is 60.7 Å². The van der Waals surface area contributed by atoms with Crippen molar-refractivity contribution in [1.29, 1.82) is 0 Å². The third-order valence-corrected chi connectivity index (χ3v) is 5.63. The number of methoxy groups -OCH3 is 4. The van der Waals surface area contributed by atoms with E-state index in [9.17, 15) is 9.59 Å². The summed E-state index contributed by atoms with van der Waals surface area (Å²) in [5.74, 6) is 2.25. The van der Waals surface area contributed by atoms with Crippen LogP contribution in [0.3, 0.4) is 0 Å². The predicted molar refractivity (Wildman–Crippen MR) is 137 cm³/mol. The van der Waals surface area contributed by atoms with Gasteiger partial charge in [-0.3, -0.25) is 9.59 Å². The first-order chi connectivity index (χ1) is 17.4. The molecule has 0 unspecified atom stereocenters. The smallest absolute Gasteiger partial charge is 0.224 e. The molecule has 0 atom stereocenters. The van der Waals surface area contributed by atoms with Crippen LogP contribution in [0.2, 0.25) is 0 Å². The minimum absolute atomic E-state index is 0.0891. The van der Waals surface area contributed by atoms with Crippen LogP contribution in [0.1, 0.15) is 22.3 Å². The van der Waals surface area contributed by atoms with Gasteiger partial charge >= 0.3 is 0 Å². The molecule has 190 valence electrons. The molecule has 8 heteroatoms. The van der Waals surface area contributed by atoms with Gasteiger partial charge in [0.1, 0.15) is 0 Å². The van der Waals surface area contributed by atoms with Crippen molar-refractivity contribution in [3.63, 3.8) is 0 Å². The van der Waals surface area contributed by atoms with E-state index in [1.165, 1.54) is 0 Å². The van der Waals surface area contributed by atoms with E-state index in [-0.39, 0.29) is 24.7 Å². The van der Waals surface area contributed by atoms with Crippen LogP contribution in [0, 0.1) is 0 Å². The average molecular weight is 493 g/mol. The monoisotopic (exact) mass is 492 g/mol. The third kappa shape index (κ3) is 7.40. The summed E-state index contributed by atoms with van der Waals surface area (Å²) < 4.78 is 21.0. The number of ether oxygens (including phenoxy) is 4. The first-order valence-electron chi connectivity index (χ1n) is 11.5. The highest BCUT2D eigenvalue weighted by molar-refractivity contribution is 5.79. The van der Waals surface area contributed by atoms with E-state index in [4.69, 9.17) is 18.9 Å². The van der Waals surface area contributed by atoms with Crippen molar-refractivity contribution in [1.82, 2.24) is 10.6 Å². The van der Waals surface area contributed by atoms with E-state index in [1.807, 2.05) is 36.4 Å². The van der Waals surface area contributed by atoms with Crippen LogP contribution in [0.4, 0.5) is 0 Å². The Morgan fingerprint density at radius 3 is 1.19 bits per heavy atom. The van der Waals surface area contributed by atoms with Crippen molar-refractivity contribution in [2.24, 2.45) is 0 Å². The van der Waals surface area contributed by atoms with Crippen LogP contribution in [-0.2, 0) is 35.5 Å². The van der Waals surface area contributed by atoms with Crippen molar-refractivity contribution in [3.05, 3.63) is 82.9 Å². The Labute approximate surface area is 211 Å². The average Bonchev–Trinajstić information content (AvgIpc) is 2.91. The number of carbonyl (C=O) groups is 2. The summed E-state index contributed by atoms with van der Waals surface area (Å²) >= 11 is 0. The van der Waals surface area contributed by atoms with Gasteiger partial charge in [-0.15, -0.1) is 0 Å². The normalized spacial score (nSPS) is 10.3. The lowest BCUT2D eigenvalue weighted by molar-refractivity contribution is -0.121. The maximum absolute atomic E-state index is 12.4. The maximum atomic E-state index is 12.4. The minimum atomic E-state index is -0.0891. The lowest BCUT2D eigenvalue weighted by Gasteiger charge is -2.11. The third-order valence-electron chi connectivity index (χ3n) is 5.63. The molecule has 0 spiro atoms. The van der Waals surface area contributed by atoms with Gasteiger partial charge in [-0.2, -0.15) is 0 Å². The SMILES string of the molecule is COc1ccc(CC(=O)NCc2ccc(CNC(=O)Cc3ccc(OC)c(OC)c3)cc2)cc1OC. The second-order valence-corrected chi connectivity index (χ2v) is 8.10. The van der Waals surface area contributed by atoms with Crippen LogP contribution >= 0.6 is 0 Å². The molecule has 0 fully saturated rings. The van der Waals surface area contributed by atoms with Gasteiger partial charge in [0.25, 0.3) is 0 Å². The van der Waals surface area contributed by atoms with Crippen LogP contribution in [0.5, 0.6) is 23.0 Å². The molecule has 0 aliphatic carbocycles. The largest absolute Gasteiger partial charge is 0.493 e. The van der Waals surface area contributed by atoms with Crippen molar-refractivity contribution < 1.29 is 28.5 Å². The summed E-state index contributed by atoms with van der Waals surface area (Å²) in [6.45, 7) is 0.829. The number of carbonyl (C=O) groups excluding carboxylic acids is 2. The van der Waals surface area contributed by atoms with Gasteiger partial charge in [-0.25, -0.2) is 0 Å². The van der Waals surface area contributed by atoms with Gasteiger partial charge in [-0.1, -0.05) is 36.4 Å². The van der Waals surface area contributed by atoms with Crippen LogP contribution < -0.4 is 29.6 Å². The Morgan fingerprint density at radius 1 is 0.528 bits per heavy atom. The minimum Gasteiger partial charge on any atom is -0.493 e. The maximum Gasteiger partial charge on any atom is 0.224 e. The van der Waals surface area contributed by atoms with Gasteiger partial charge in [0.2, 0.25) is 11.8 Å². The Bertz CT molecular complexity index is 1080. The summed E-state index contributed by atoms with van der Waals surface area (Å²) in [6.07, 6.45) is 0.481. The van der Waals surface area contributed by atoms with Gasteiger partial charge < -0.3 is 29.6 Å². The second kappa shape index (κ2) is 13.0. The van der Waals surface area contributed by atoms with Crippen molar-refractivity contribution in [2.75, 3.05) is 28.4 Å². The van der Waals surface area contributed by atoms with Crippen molar-refractivity contribution in [3.8, 4) is 23.0 Å². The molecule has 3 aromatic rings. The summed E-state index contributed by atoms with van der Waals surface area (Å²) in [6, 6.07) is 18.6. The summed E-state index contributed by atoms with van der Waals surface area (Å²) in [4.78, 5) is 24.7. The molecule has 2 N–H and O–H groups in total. The lowest BCUT2D eigenvalue weighted by atomic mass is 10.1. The van der Waals surface area contributed by atoms with Gasteiger partial charge in [-0.05, 0) is 46.5 Å². The molecule has 0 aliphatic rings. The number of hydrogen-bond acceptors (Lipinski definition) is 6. The molecule has 0 heterocycles. The number of nitrogens with one attached hydrogen (secondary N) is 2. The summed E-state index contributed by atoms with van der Waals surface area (Å²) in [5, 5.41) is 5.86. The molecule has 0 aromatic heterocycles. The van der Waals surface area contributed by atoms with Gasteiger partial charge in [0.05, 0.1) is 41.3 Å². The van der Waals surface area contributed by atoms with Gasteiger partial charge in [0.15, 0.2) is 23.0 Å². The summed E-state index contributed by atoms with van der Waals surface area (Å²) in [5.41, 5.74) is 3.61. The standard InChI is InChI=1S/C28H32N2O6/c1-33-23-11-9-21(13-25(23)35-3)15-27(31)29-17-19-5-7-20(8-6-19)18-30-28(32)16-22-10-12-24(34-2)26(14-22)36-4/h5-14H,15-18H2,1-4H3,(H,29,31)(H,30,32). The van der Waals surface area contributed by atoms with E-state index in [0.29, 0.717) is 36.1 Å². The molecule has 2 amide bonds. The fourth-order valence-electron chi connectivity index (χ4n) is 3.65. The highest BCUT2D eigenvalue weighted by Crippen LogP contribution is 2.28. The predicted octanol–water partition coefficient (Wildman–Crippen LogP) is 3.44. The molecule has 0 saturated carbocycles. The first-order valence-corrected chi connectivity index (χ1v) is 11.5. The quantitative estimate of drug-likeness (QED) is 0.402. The van der Waals surface area contributed by atoms with E-state index >= 15 is 0 Å². The Kier molecular flexibility index (Phi) is 9.56. The molecule has 0 saturated heterocycles. The second-order valence-electron chi connectivity index (χ2n) is 8.10. The molecule has 36 heavy (non-hydrogen) atoms. The fourth-order valence-corrected chi connectivity index (χ4v) is 3.65. The van der Waals surface area contributed by atoms with Crippen molar-refractivity contribution in [2.45, 2.75) is 25.9 Å². The molecule has 3 aromatic carbocycles. The number of amides is 2. The Balaban J connectivity index is 1.44. The molecule has 3 rings (SSSR count). The van der Waals surface area contributed by atoms with Crippen molar-refractivity contribution >= 4 is 11.8 Å². The molecule has 8 nitrogen and oxygen atoms in total. The Hall–Kier alpha value is -4.20. The Morgan fingerprint density at radius 2 is 0.861 bits per heavy atom. The number of hydrogen-bond donors (Lipinski definition) is 2. The molecule has 0 bridgehead atoms. The lowest BCUT2D eigenvalue weighted by Crippen LogP contribution is -2.25. The van der Waals surface area contributed by atoms with Gasteiger partial charge in [0, 0.05) is 13.1 Å². The van der Waals surface area contributed by atoms with Crippen LogP contribution in [-0.4, -0.2) is 40.3 Å².